The Morgan fingerprint density at radius 2 is 1.93 bits per heavy atom. The van der Waals surface area contributed by atoms with E-state index in [0.29, 0.717) is 0 Å². The first-order chi connectivity index (χ1) is 12.5. The summed E-state index contributed by atoms with van der Waals surface area (Å²) in [5.41, 5.74) is -1.78. The second-order valence-electron chi connectivity index (χ2n) is 6.26. The number of hydrogen-bond donors (Lipinski definition) is 3. The van der Waals surface area contributed by atoms with Crippen LogP contribution in [-0.2, 0) is 4.79 Å². The fraction of sp³-hybridized carbons (Fsp3) is 0.400. The maximum absolute atomic E-state index is 13.1. The Balaban J connectivity index is 2.00. The van der Waals surface area contributed by atoms with Crippen molar-refractivity contribution in [3.05, 3.63) is 38.2 Å². The molecule has 144 valence electrons. The first kappa shape index (κ1) is 18.6. The van der Waals surface area contributed by atoms with E-state index in [9.17, 15) is 32.3 Å². The Hall–Kier alpha value is -3.18. The third kappa shape index (κ3) is 3.29. The van der Waals surface area contributed by atoms with Gasteiger partial charge < -0.3 is 10.0 Å². The third-order valence-electron chi connectivity index (χ3n) is 4.47. The summed E-state index contributed by atoms with van der Waals surface area (Å²) in [6, 6.07) is 1.20. The highest BCUT2D eigenvalue weighted by molar-refractivity contribution is 5.95. The van der Waals surface area contributed by atoms with Crippen LogP contribution in [0.2, 0.25) is 0 Å². The molecule has 12 heteroatoms. The number of rotatable bonds is 2. The van der Waals surface area contributed by atoms with E-state index in [1.165, 1.54) is 13.0 Å². The van der Waals surface area contributed by atoms with E-state index in [2.05, 4.69) is 9.97 Å². The van der Waals surface area contributed by atoms with E-state index >= 15 is 0 Å². The second-order valence-corrected chi connectivity index (χ2v) is 6.26. The average molecular weight is 386 g/mol. The van der Waals surface area contributed by atoms with Crippen molar-refractivity contribution in [1.82, 2.24) is 19.9 Å². The number of nitrogens with zero attached hydrogens (tertiary/aromatic N) is 2. The SMILES string of the molecule is Cc1cc(C(=O)N2C[C@@H](C(F)(F)F)[C@H](C(=O)O)C2)nc2[nH]c(=O)[nH]c(=O)c12. The number of carbonyl (C=O) groups excluding carboxylic acids is 1. The number of pyridine rings is 1. The van der Waals surface area contributed by atoms with Crippen LogP contribution in [0.1, 0.15) is 16.1 Å². The molecule has 0 unspecified atom stereocenters. The molecule has 0 spiro atoms. The minimum Gasteiger partial charge on any atom is -0.481 e. The molecule has 0 radical (unpaired) electrons. The van der Waals surface area contributed by atoms with Crippen LogP contribution in [0, 0.1) is 18.8 Å². The standard InChI is InChI=1S/C15H13F3N4O5/c1-5-2-8(19-10-9(5)11(23)21-14(27)20-10)12(24)22-3-6(13(25)26)7(4-22)15(16,17)18/h2,6-7H,3-4H2,1H3,(H,25,26)(H2,19,20,21,23,27)/t6-,7-/m1/s1. The van der Waals surface area contributed by atoms with Gasteiger partial charge in [-0.3, -0.25) is 24.4 Å². The largest absolute Gasteiger partial charge is 0.481 e. The quantitative estimate of drug-likeness (QED) is 0.677. The predicted molar refractivity (Wildman–Crippen MR) is 84.3 cm³/mol. The molecule has 1 aliphatic rings. The number of alkyl halides is 3. The minimum absolute atomic E-state index is 0.0316. The number of aryl methyl sites for hydroxylation is 1. The van der Waals surface area contributed by atoms with E-state index < -0.39 is 54.2 Å². The van der Waals surface area contributed by atoms with Gasteiger partial charge in [-0.15, -0.1) is 0 Å². The highest BCUT2D eigenvalue weighted by Crippen LogP contribution is 2.38. The van der Waals surface area contributed by atoms with Gasteiger partial charge in [0, 0.05) is 13.1 Å². The summed E-state index contributed by atoms with van der Waals surface area (Å²) in [6.45, 7) is 0.0316. The number of aliphatic carboxylic acids is 1. The average Bonchev–Trinajstić information content (AvgIpc) is 2.98. The number of H-pyrrole nitrogens is 2. The lowest BCUT2D eigenvalue weighted by Crippen LogP contribution is -2.34. The number of aromatic nitrogens is 3. The number of carbonyl (C=O) groups is 2. The monoisotopic (exact) mass is 386 g/mol. The molecular formula is C15H13F3N4O5. The summed E-state index contributed by atoms with van der Waals surface area (Å²) in [4.78, 5) is 55.8. The van der Waals surface area contributed by atoms with Crippen LogP contribution in [0.25, 0.3) is 11.0 Å². The fourth-order valence-corrected chi connectivity index (χ4v) is 3.18. The highest BCUT2D eigenvalue weighted by atomic mass is 19.4. The second kappa shape index (κ2) is 6.21. The zero-order valence-corrected chi connectivity index (χ0v) is 13.8. The number of carboxylic acid groups (broad SMARTS) is 1. The minimum atomic E-state index is -4.77. The highest BCUT2D eigenvalue weighted by Gasteiger charge is 2.53. The molecular weight excluding hydrogens is 373 g/mol. The molecule has 1 aliphatic heterocycles. The zero-order valence-electron chi connectivity index (χ0n) is 13.8. The lowest BCUT2D eigenvalue weighted by atomic mass is 9.96. The van der Waals surface area contributed by atoms with Gasteiger partial charge in [-0.1, -0.05) is 0 Å². The van der Waals surface area contributed by atoms with Gasteiger partial charge in [-0.05, 0) is 18.6 Å². The Kier molecular flexibility index (Phi) is 4.28. The van der Waals surface area contributed by atoms with Gasteiger partial charge in [0.05, 0.1) is 17.2 Å². The maximum atomic E-state index is 13.1. The lowest BCUT2D eigenvalue weighted by molar-refractivity contribution is -0.187. The van der Waals surface area contributed by atoms with Crippen LogP contribution < -0.4 is 11.2 Å². The molecule has 0 bridgehead atoms. The van der Waals surface area contributed by atoms with Gasteiger partial charge in [0.1, 0.15) is 11.3 Å². The molecule has 0 aromatic carbocycles. The van der Waals surface area contributed by atoms with Crippen molar-refractivity contribution in [3.8, 4) is 0 Å². The number of hydrogen-bond acceptors (Lipinski definition) is 5. The topological polar surface area (TPSA) is 136 Å². The van der Waals surface area contributed by atoms with Crippen LogP contribution in [-0.4, -0.2) is 56.1 Å². The van der Waals surface area contributed by atoms with Crippen molar-refractivity contribution < 1.29 is 27.9 Å². The predicted octanol–water partition coefficient (Wildman–Crippen LogP) is 0.255. The molecule has 2 aromatic rings. The Morgan fingerprint density at radius 1 is 1.26 bits per heavy atom. The van der Waals surface area contributed by atoms with Crippen molar-refractivity contribution in [2.75, 3.05) is 13.1 Å². The molecule has 0 aliphatic carbocycles. The van der Waals surface area contributed by atoms with Crippen LogP contribution >= 0.6 is 0 Å². The van der Waals surface area contributed by atoms with Crippen molar-refractivity contribution >= 4 is 22.9 Å². The molecule has 9 nitrogen and oxygen atoms in total. The summed E-state index contributed by atoms with van der Waals surface area (Å²) < 4.78 is 39.2. The van der Waals surface area contributed by atoms with Crippen LogP contribution in [0.4, 0.5) is 13.2 Å². The van der Waals surface area contributed by atoms with E-state index in [1.54, 1.807) is 0 Å². The van der Waals surface area contributed by atoms with Gasteiger partial charge in [0.25, 0.3) is 11.5 Å². The third-order valence-corrected chi connectivity index (χ3v) is 4.47. The van der Waals surface area contributed by atoms with E-state index in [1.807, 2.05) is 4.98 Å². The van der Waals surface area contributed by atoms with Gasteiger partial charge in [0.15, 0.2) is 0 Å². The van der Waals surface area contributed by atoms with Crippen molar-refractivity contribution in [2.45, 2.75) is 13.1 Å². The maximum Gasteiger partial charge on any atom is 0.394 e. The van der Waals surface area contributed by atoms with Crippen molar-refractivity contribution in [1.29, 1.82) is 0 Å². The Labute approximate surface area is 147 Å². The molecule has 3 N–H and O–H groups in total. The fourth-order valence-electron chi connectivity index (χ4n) is 3.18. The molecule has 1 fully saturated rings. The Morgan fingerprint density at radius 3 is 2.48 bits per heavy atom. The lowest BCUT2D eigenvalue weighted by Gasteiger charge is -2.18. The molecule has 2 atom stereocenters. The number of halogens is 3. The number of nitrogens with one attached hydrogen (secondary N) is 2. The molecule has 3 heterocycles. The Bertz CT molecular complexity index is 1060. The summed E-state index contributed by atoms with van der Waals surface area (Å²) in [7, 11) is 0. The summed E-state index contributed by atoms with van der Waals surface area (Å²) >= 11 is 0. The number of aromatic amines is 2. The molecule has 27 heavy (non-hydrogen) atoms. The zero-order chi connectivity index (χ0) is 20.1. The van der Waals surface area contributed by atoms with Gasteiger partial charge in [-0.25, -0.2) is 9.78 Å². The van der Waals surface area contributed by atoms with Crippen LogP contribution in [0.15, 0.2) is 15.7 Å². The molecule has 2 aromatic heterocycles. The van der Waals surface area contributed by atoms with Crippen molar-refractivity contribution in [2.24, 2.45) is 11.8 Å². The molecule has 1 amide bonds. The smallest absolute Gasteiger partial charge is 0.394 e. The first-order valence-corrected chi connectivity index (χ1v) is 7.71. The normalized spacial score (nSPS) is 20.2. The number of fused-ring (bicyclic) bond motifs is 1. The van der Waals surface area contributed by atoms with Gasteiger partial charge >= 0.3 is 17.8 Å². The molecule has 1 saturated heterocycles. The number of carboxylic acids is 1. The summed E-state index contributed by atoms with van der Waals surface area (Å²) in [5.74, 6) is -6.54. The van der Waals surface area contributed by atoms with E-state index in [4.69, 9.17) is 5.11 Å². The van der Waals surface area contributed by atoms with Gasteiger partial charge in [-0.2, -0.15) is 13.2 Å². The van der Waals surface area contributed by atoms with Crippen LogP contribution in [0.3, 0.4) is 0 Å². The van der Waals surface area contributed by atoms with E-state index in [0.717, 1.165) is 4.90 Å². The molecule has 0 saturated carbocycles. The summed E-state index contributed by atoms with van der Waals surface area (Å²) in [5, 5.41) is 9.06. The number of amides is 1. The van der Waals surface area contributed by atoms with Crippen molar-refractivity contribution in [3.63, 3.8) is 0 Å². The van der Waals surface area contributed by atoms with Gasteiger partial charge in [0.2, 0.25) is 0 Å². The molecule has 3 rings (SSSR count). The van der Waals surface area contributed by atoms with E-state index in [-0.39, 0.29) is 22.3 Å². The first-order valence-electron chi connectivity index (χ1n) is 7.71. The van der Waals surface area contributed by atoms with Crippen LogP contribution in [0.5, 0.6) is 0 Å². The summed E-state index contributed by atoms with van der Waals surface area (Å²) in [6.07, 6.45) is -4.77. The number of likely N-dealkylation sites (tertiary alicyclic amines) is 1.